The van der Waals surface area contributed by atoms with Gasteiger partial charge in [0.15, 0.2) is 23.3 Å². The second-order valence-corrected chi connectivity index (χ2v) is 3.19. The molecule has 0 saturated carbocycles. The summed E-state index contributed by atoms with van der Waals surface area (Å²) in [5.74, 6) is -2.04. The third kappa shape index (κ3) is 3.02. The first-order chi connectivity index (χ1) is 7.04. The highest BCUT2D eigenvalue weighted by atomic mass is 19.1. The number of halogens is 2. The van der Waals surface area contributed by atoms with E-state index in [1.165, 1.54) is 7.11 Å². The molecule has 0 aromatic carbocycles. The number of nitrogens with zero attached hydrogens (tertiary/aromatic N) is 1. The van der Waals surface area contributed by atoms with Gasteiger partial charge >= 0.3 is 0 Å². The minimum absolute atomic E-state index is 0.0709. The van der Waals surface area contributed by atoms with Crippen molar-refractivity contribution in [2.45, 2.75) is 13.0 Å². The van der Waals surface area contributed by atoms with Gasteiger partial charge in [-0.1, -0.05) is 0 Å². The maximum atomic E-state index is 13.2. The van der Waals surface area contributed by atoms with E-state index in [2.05, 4.69) is 10.3 Å². The second kappa shape index (κ2) is 4.88. The predicted octanol–water partition coefficient (Wildman–Crippen LogP) is 1.39. The first-order valence-electron chi connectivity index (χ1n) is 4.41. The molecule has 1 aromatic rings. The highest BCUT2D eigenvalue weighted by Gasteiger charge is 2.11. The van der Waals surface area contributed by atoms with E-state index in [1.807, 2.05) is 0 Å². The monoisotopic (exact) mass is 217 g/mol. The molecule has 1 aromatic heterocycles. The van der Waals surface area contributed by atoms with Crippen molar-refractivity contribution in [1.82, 2.24) is 4.98 Å². The topological polar surface area (TPSA) is 60.2 Å². The van der Waals surface area contributed by atoms with Gasteiger partial charge in [0.2, 0.25) is 0 Å². The van der Waals surface area contributed by atoms with Crippen LogP contribution in [0.4, 0.5) is 20.4 Å². The largest absolute Gasteiger partial charge is 0.383 e. The molecule has 0 amide bonds. The van der Waals surface area contributed by atoms with Crippen molar-refractivity contribution >= 4 is 11.6 Å². The van der Waals surface area contributed by atoms with Crippen molar-refractivity contribution in [2.75, 3.05) is 24.8 Å². The molecule has 3 N–H and O–H groups in total. The highest BCUT2D eigenvalue weighted by molar-refractivity contribution is 5.45. The molecule has 0 radical (unpaired) electrons. The molecular formula is C9H13F2N3O. The molecule has 0 saturated heterocycles. The number of hydrogen-bond acceptors (Lipinski definition) is 4. The lowest BCUT2D eigenvalue weighted by Gasteiger charge is -2.14. The molecule has 1 rings (SSSR count). The molecule has 0 aliphatic carbocycles. The Labute approximate surface area is 86.4 Å². The average molecular weight is 217 g/mol. The van der Waals surface area contributed by atoms with Crippen LogP contribution in [0.15, 0.2) is 6.07 Å². The zero-order chi connectivity index (χ0) is 11.4. The van der Waals surface area contributed by atoms with Crippen molar-refractivity contribution in [3.63, 3.8) is 0 Å². The fourth-order valence-electron chi connectivity index (χ4n) is 1.11. The third-order valence-corrected chi connectivity index (χ3v) is 1.76. The summed E-state index contributed by atoms with van der Waals surface area (Å²) < 4.78 is 30.8. The van der Waals surface area contributed by atoms with Crippen LogP contribution in [-0.4, -0.2) is 24.7 Å². The minimum Gasteiger partial charge on any atom is -0.383 e. The number of ether oxygens (including phenoxy) is 1. The SMILES string of the molecule is COCC(C)Nc1nc(N)c(F)cc1F. The lowest BCUT2D eigenvalue weighted by molar-refractivity contribution is 0.190. The van der Waals surface area contributed by atoms with Gasteiger partial charge < -0.3 is 15.8 Å². The lowest BCUT2D eigenvalue weighted by atomic mass is 10.3. The number of anilines is 2. The zero-order valence-electron chi connectivity index (χ0n) is 8.55. The Balaban J connectivity index is 2.81. The highest BCUT2D eigenvalue weighted by Crippen LogP contribution is 2.17. The number of pyridine rings is 1. The van der Waals surface area contributed by atoms with Gasteiger partial charge in [-0.2, -0.15) is 0 Å². The van der Waals surface area contributed by atoms with Gasteiger partial charge in [0.25, 0.3) is 0 Å². The van der Waals surface area contributed by atoms with Crippen LogP contribution in [0.5, 0.6) is 0 Å². The van der Waals surface area contributed by atoms with Crippen molar-refractivity contribution in [3.05, 3.63) is 17.7 Å². The summed E-state index contributed by atoms with van der Waals surface area (Å²) >= 11 is 0. The van der Waals surface area contributed by atoms with Gasteiger partial charge in [-0.3, -0.25) is 0 Å². The molecule has 0 bridgehead atoms. The molecule has 6 heteroatoms. The maximum Gasteiger partial charge on any atom is 0.168 e. The van der Waals surface area contributed by atoms with Crippen LogP contribution in [0, 0.1) is 11.6 Å². The Morgan fingerprint density at radius 3 is 2.80 bits per heavy atom. The fourth-order valence-corrected chi connectivity index (χ4v) is 1.11. The number of nitrogens with two attached hydrogens (primary N) is 1. The summed E-state index contributed by atoms with van der Waals surface area (Å²) in [6, 6.07) is 0.561. The van der Waals surface area contributed by atoms with Crippen LogP contribution < -0.4 is 11.1 Å². The number of hydrogen-bond donors (Lipinski definition) is 2. The molecule has 15 heavy (non-hydrogen) atoms. The van der Waals surface area contributed by atoms with E-state index in [9.17, 15) is 8.78 Å². The maximum absolute atomic E-state index is 13.2. The van der Waals surface area contributed by atoms with Gasteiger partial charge in [-0.25, -0.2) is 13.8 Å². The summed E-state index contributed by atoms with van der Waals surface area (Å²) in [5, 5.41) is 2.72. The van der Waals surface area contributed by atoms with Gasteiger partial charge in [0, 0.05) is 19.2 Å². The van der Waals surface area contributed by atoms with Crippen molar-refractivity contribution < 1.29 is 13.5 Å². The Bertz CT molecular complexity index is 346. The van der Waals surface area contributed by atoms with E-state index < -0.39 is 11.6 Å². The van der Waals surface area contributed by atoms with Crippen molar-refractivity contribution in [3.8, 4) is 0 Å². The molecule has 0 aliphatic heterocycles. The first kappa shape index (κ1) is 11.6. The lowest BCUT2D eigenvalue weighted by Crippen LogP contribution is -2.22. The van der Waals surface area contributed by atoms with E-state index in [0.717, 1.165) is 0 Å². The fraction of sp³-hybridized carbons (Fsp3) is 0.444. The third-order valence-electron chi connectivity index (χ3n) is 1.76. The Hall–Kier alpha value is -1.43. The van der Waals surface area contributed by atoms with Gasteiger partial charge in [-0.05, 0) is 6.92 Å². The number of nitrogen functional groups attached to an aromatic ring is 1. The van der Waals surface area contributed by atoms with Crippen molar-refractivity contribution in [2.24, 2.45) is 0 Å². The van der Waals surface area contributed by atoms with Gasteiger partial charge in [0.05, 0.1) is 6.61 Å². The van der Waals surface area contributed by atoms with Crippen LogP contribution in [0.2, 0.25) is 0 Å². The summed E-state index contributed by atoms with van der Waals surface area (Å²) in [6.07, 6.45) is 0. The smallest absolute Gasteiger partial charge is 0.168 e. The van der Waals surface area contributed by atoms with E-state index in [0.29, 0.717) is 12.7 Å². The van der Waals surface area contributed by atoms with Crippen LogP contribution in [0.25, 0.3) is 0 Å². The summed E-state index contributed by atoms with van der Waals surface area (Å²) in [5.41, 5.74) is 5.22. The minimum atomic E-state index is -0.863. The molecule has 84 valence electrons. The molecule has 1 heterocycles. The molecule has 1 atom stereocenters. The second-order valence-electron chi connectivity index (χ2n) is 3.19. The van der Waals surface area contributed by atoms with Crippen LogP contribution in [0.3, 0.4) is 0 Å². The number of rotatable bonds is 4. The van der Waals surface area contributed by atoms with Crippen LogP contribution in [-0.2, 0) is 4.74 Å². The Kier molecular flexibility index (Phi) is 3.79. The molecule has 1 unspecified atom stereocenters. The number of methoxy groups -OCH3 is 1. The van der Waals surface area contributed by atoms with Crippen molar-refractivity contribution in [1.29, 1.82) is 0 Å². The van der Waals surface area contributed by atoms with Gasteiger partial charge in [0.1, 0.15) is 0 Å². The molecule has 0 aliphatic rings. The van der Waals surface area contributed by atoms with E-state index in [-0.39, 0.29) is 17.7 Å². The van der Waals surface area contributed by atoms with Gasteiger partial charge in [-0.15, -0.1) is 0 Å². The first-order valence-corrected chi connectivity index (χ1v) is 4.41. The molecule has 0 spiro atoms. The summed E-state index contributed by atoms with van der Waals surface area (Å²) in [4.78, 5) is 3.56. The van der Waals surface area contributed by atoms with Crippen LogP contribution >= 0.6 is 0 Å². The van der Waals surface area contributed by atoms with E-state index in [1.54, 1.807) is 6.92 Å². The summed E-state index contributed by atoms with van der Waals surface area (Å²) in [6.45, 7) is 2.17. The molecular weight excluding hydrogens is 204 g/mol. The van der Waals surface area contributed by atoms with E-state index in [4.69, 9.17) is 10.5 Å². The zero-order valence-corrected chi connectivity index (χ0v) is 8.55. The molecule has 0 fully saturated rings. The quantitative estimate of drug-likeness (QED) is 0.800. The summed E-state index contributed by atoms with van der Waals surface area (Å²) in [7, 11) is 1.53. The molecule has 4 nitrogen and oxygen atoms in total. The van der Waals surface area contributed by atoms with Crippen LogP contribution in [0.1, 0.15) is 6.92 Å². The normalized spacial score (nSPS) is 12.5. The Morgan fingerprint density at radius 2 is 2.20 bits per heavy atom. The Morgan fingerprint density at radius 1 is 1.53 bits per heavy atom. The number of aromatic nitrogens is 1. The predicted molar refractivity (Wildman–Crippen MR) is 53.5 cm³/mol. The average Bonchev–Trinajstić information content (AvgIpc) is 2.14. The van der Waals surface area contributed by atoms with E-state index >= 15 is 0 Å². The number of nitrogens with one attached hydrogen (secondary N) is 1. The standard InChI is InChI=1S/C9H13F2N3O/c1-5(4-15-2)13-9-7(11)3-6(10)8(12)14-9/h3,5H,4H2,1-2H3,(H3,12,13,14).